The average molecular weight is 434 g/mol. The molecule has 8 nitrogen and oxygen atoms in total. The van der Waals surface area contributed by atoms with Crippen LogP contribution in [0.5, 0.6) is 0 Å². The van der Waals surface area contributed by atoms with Gasteiger partial charge in [-0.05, 0) is 31.5 Å². The van der Waals surface area contributed by atoms with Crippen molar-refractivity contribution < 1.29 is 38.9 Å². The second kappa shape index (κ2) is 13.2. The van der Waals surface area contributed by atoms with Crippen molar-refractivity contribution in [2.24, 2.45) is 0 Å². The maximum Gasteiger partial charge on any atom is 0.341 e. The van der Waals surface area contributed by atoms with E-state index < -0.39 is 41.3 Å². The van der Waals surface area contributed by atoms with Crippen molar-refractivity contribution in [1.82, 2.24) is 0 Å². The molecule has 0 aliphatic rings. The van der Waals surface area contributed by atoms with Gasteiger partial charge >= 0.3 is 23.9 Å². The molecule has 0 heterocycles. The number of carboxylic acid groups (broad SMARTS) is 2. The van der Waals surface area contributed by atoms with Gasteiger partial charge in [0.2, 0.25) is 6.29 Å². The van der Waals surface area contributed by atoms with Crippen molar-refractivity contribution in [1.29, 1.82) is 0 Å². The summed E-state index contributed by atoms with van der Waals surface area (Å²) in [6, 6.07) is 3.11. The number of hydrogen-bond acceptors (Lipinski definition) is 6. The molecule has 170 valence electrons. The van der Waals surface area contributed by atoms with Gasteiger partial charge in [0, 0.05) is 12.0 Å². The summed E-state index contributed by atoms with van der Waals surface area (Å²) in [5.41, 5.74) is -0.986. The van der Waals surface area contributed by atoms with Crippen LogP contribution < -0.4 is 0 Å². The maximum atomic E-state index is 12.5. The minimum absolute atomic E-state index is 0.152. The molecule has 8 heteroatoms. The van der Waals surface area contributed by atoms with Crippen LogP contribution >= 0.6 is 0 Å². The van der Waals surface area contributed by atoms with Crippen LogP contribution in [-0.2, 0) is 14.3 Å². The summed E-state index contributed by atoms with van der Waals surface area (Å²) in [4.78, 5) is 46.9. The molecule has 0 saturated heterocycles. The maximum absolute atomic E-state index is 12.5. The summed E-state index contributed by atoms with van der Waals surface area (Å²) < 4.78 is 10.5. The van der Waals surface area contributed by atoms with Gasteiger partial charge in [-0.25, -0.2) is 19.2 Å². The summed E-state index contributed by atoms with van der Waals surface area (Å²) in [5.74, 6) is -4.53. The first kappa shape index (κ1) is 25.9. The highest BCUT2D eigenvalue weighted by Gasteiger charge is 2.23. The summed E-state index contributed by atoms with van der Waals surface area (Å²) in [5, 5.41) is 18.3. The minimum atomic E-state index is -1.49. The predicted octanol–water partition coefficient (Wildman–Crippen LogP) is 4.83. The van der Waals surface area contributed by atoms with Gasteiger partial charge in [0.15, 0.2) is 0 Å². The molecule has 0 aromatic heterocycles. The molecule has 31 heavy (non-hydrogen) atoms. The fraction of sp³-hybridized carbons (Fsp3) is 0.478. The fourth-order valence-corrected chi connectivity index (χ4v) is 2.85. The molecule has 1 unspecified atom stereocenters. The Balaban J connectivity index is 2.82. The number of carbonyl (C=O) groups excluding carboxylic acids is 2. The van der Waals surface area contributed by atoms with Gasteiger partial charge in [-0.2, -0.15) is 0 Å². The van der Waals surface area contributed by atoms with Gasteiger partial charge in [0.25, 0.3) is 0 Å². The second-order valence-electron chi connectivity index (χ2n) is 7.30. The zero-order chi connectivity index (χ0) is 23.4. The minimum Gasteiger partial charge on any atom is -0.478 e. The van der Waals surface area contributed by atoms with Crippen LogP contribution in [0.4, 0.5) is 0 Å². The summed E-state index contributed by atoms with van der Waals surface area (Å²) >= 11 is 0. The molecule has 1 aromatic rings. The Morgan fingerprint density at radius 2 is 1.48 bits per heavy atom. The number of esters is 2. The number of benzene rings is 1. The monoisotopic (exact) mass is 434 g/mol. The van der Waals surface area contributed by atoms with E-state index in [2.05, 4.69) is 13.5 Å². The predicted molar refractivity (Wildman–Crippen MR) is 113 cm³/mol. The standard InChI is InChI=1S/C23H30O8/c1-4-5-6-7-8-9-10-11-19(30-22(28)15(2)3)31-23(29)16-12-13-17(20(24)25)18(14-16)21(26)27/h12-14,19H,2,4-11H2,1,3H3,(H,24,25)(H,26,27). The molecule has 0 bridgehead atoms. The van der Waals surface area contributed by atoms with Crippen molar-refractivity contribution in [2.45, 2.75) is 71.5 Å². The van der Waals surface area contributed by atoms with Crippen LogP contribution in [0, 0.1) is 0 Å². The highest BCUT2D eigenvalue weighted by molar-refractivity contribution is 6.04. The van der Waals surface area contributed by atoms with E-state index in [1.165, 1.54) is 13.3 Å². The van der Waals surface area contributed by atoms with Crippen molar-refractivity contribution in [3.8, 4) is 0 Å². The van der Waals surface area contributed by atoms with E-state index in [-0.39, 0.29) is 17.6 Å². The van der Waals surface area contributed by atoms with E-state index in [1.54, 1.807) is 0 Å². The van der Waals surface area contributed by atoms with Crippen LogP contribution in [0.3, 0.4) is 0 Å². The van der Waals surface area contributed by atoms with Crippen molar-refractivity contribution in [3.05, 3.63) is 47.0 Å². The lowest BCUT2D eigenvalue weighted by molar-refractivity contribution is -0.164. The van der Waals surface area contributed by atoms with Crippen LogP contribution in [0.1, 0.15) is 96.3 Å². The summed E-state index contributed by atoms with van der Waals surface area (Å²) in [7, 11) is 0. The Kier molecular flexibility index (Phi) is 11.0. The summed E-state index contributed by atoms with van der Waals surface area (Å²) in [6.07, 6.45) is 6.34. The number of rotatable bonds is 14. The molecule has 1 aromatic carbocycles. The highest BCUT2D eigenvalue weighted by Crippen LogP contribution is 2.18. The number of aromatic carboxylic acids is 2. The molecule has 2 N–H and O–H groups in total. The molecular formula is C23H30O8. The van der Waals surface area contributed by atoms with Crippen LogP contribution in [0.15, 0.2) is 30.4 Å². The van der Waals surface area contributed by atoms with Gasteiger partial charge in [-0.1, -0.05) is 52.0 Å². The van der Waals surface area contributed by atoms with Crippen molar-refractivity contribution in [2.75, 3.05) is 0 Å². The van der Waals surface area contributed by atoms with E-state index in [9.17, 15) is 24.3 Å². The SMILES string of the molecule is C=C(C)C(=O)OC(CCCCCCCCC)OC(=O)c1ccc(C(=O)O)c(C(=O)O)c1. The Bertz CT molecular complexity index is 812. The molecule has 0 radical (unpaired) electrons. The van der Waals surface area contributed by atoms with E-state index in [0.29, 0.717) is 6.42 Å². The third-order valence-corrected chi connectivity index (χ3v) is 4.58. The van der Waals surface area contributed by atoms with Gasteiger partial charge in [-0.15, -0.1) is 0 Å². The van der Waals surface area contributed by atoms with Crippen LogP contribution in [0.25, 0.3) is 0 Å². The van der Waals surface area contributed by atoms with E-state index in [1.807, 2.05) is 0 Å². The van der Waals surface area contributed by atoms with E-state index in [4.69, 9.17) is 14.6 Å². The number of ether oxygens (including phenoxy) is 2. The molecular weight excluding hydrogens is 404 g/mol. The van der Waals surface area contributed by atoms with Crippen LogP contribution in [0.2, 0.25) is 0 Å². The topological polar surface area (TPSA) is 127 Å². The average Bonchev–Trinajstić information content (AvgIpc) is 2.72. The molecule has 0 aliphatic carbocycles. The highest BCUT2D eigenvalue weighted by atomic mass is 16.7. The number of unbranched alkanes of at least 4 members (excludes halogenated alkanes) is 6. The number of carbonyl (C=O) groups is 4. The number of carboxylic acids is 2. The Morgan fingerprint density at radius 3 is 2.03 bits per heavy atom. The first-order chi connectivity index (χ1) is 14.7. The van der Waals surface area contributed by atoms with Gasteiger partial charge < -0.3 is 19.7 Å². The number of hydrogen-bond donors (Lipinski definition) is 2. The molecule has 1 rings (SSSR count). The van der Waals surface area contributed by atoms with Gasteiger partial charge in [0.1, 0.15) is 0 Å². The largest absolute Gasteiger partial charge is 0.478 e. The fourth-order valence-electron chi connectivity index (χ4n) is 2.85. The normalized spacial score (nSPS) is 11.4. The zero-order valence-corrected chi connectivity index (χ0v) is 18.0. The lowest BCUT2D eigenvalue weighted by atomic mass is 10.0. The quantitative estimate of drug-likeness (QED) is 0.184. The van der Waals surface area contributed by atoms with Gasteiger partial charge in [0.05, 0.1) is 16.7 Å². The molecule has 1 atom stereocenters. The first-order valence-electron chi connectivity index (χ1n) is 10.4. The smallest absolute Gasteiger partial charge is 0.341 e. The Morgan fingerprint density at radius 1 is 0.903 bits per heavy atom. The van der Waals surface area contributed by atoms with E-state index >= 15 is 0 Å². The lowest BCUT2D eigenvalue weighted by Crippen LogP contribution is -2.25. The summed E-state index contributed by atoms with van der Waals surface area (Å²) in [6.45, 7) is 7.12. The molecule has 0 saturated carbocycles. The van der Waals surface area contributed by atoms with Crippen molar-refractivity contribution in [3.63, 3.8) is 0 Å². The van der Waals surface area contributed by atoms with Crippen LogP contribution in [-0.4, -0.2) is 40.4 Å². The molecule has 0 aliphatic heterocycles. The zero-order valence-electron chi connectivity index (χ0n) is 18.0. The molecule has 0 amide bonds. The second-order valence-corrected chi connectivity index (χ2v) is 7.30. The molecule has 0 spiro atoms. The molecule has 0 fully saturated rings. The first-order valence-corrected chi connectivity index (χ1v) is 10.4. The van der Waals surface area contributed by atoms with E-state index in [0.717, 1.165) is 50.3 Å². The third kappa shape index (κ3) is 9.02. The Hall–Kier alpha value is -3.16. The lowest BCUT2D eigenvalue weighted by Gasteiger charge is -2.18. The third-order valence-electron chi connectivity index (χ3n) is 4.58. The van der Waals surface area contributed by atoms with Gasteiger partial charge in [-0.3, -0.25) is 0 Å². The Labute approximate surface area is 181 Å². The van der Waals surface area contributed by atoms with Crippen molar-refractivity contribution >= 4 is 23.9 Å².